The van der Waals surface area contributed by atoms with Crippen LogP contribution in [-0.4, -0.2) is 18.0 Å². The summed E-state index contributed by atoms with van der Waals surface area (Å²) in [4.78, 5) is 17.1. The third-order valence-corrected chi connectivity index (χ3v) is 4.12. The number of benzene rings is 2. The molecule has 0 aliphatic rings. The van der Waals surface area contributed by atoms with Crippen LogP contribution in [0.2, 0.25) is 0 Å². The first-order chi connectivity index (χ1) is 12.6. The number of amides is 1. The minimum absolute atomic E-state index is 0.225. The largest absolute Gasteiger partial charge is 0.497 e. The van der Waals surface area contributed by atoms with Crippen LogP contribution in [-0.2, 0) is 0 Å². The number of para-hydroxylation sites is 1. The highest BCUT2D eigenvalue weighted by Crippen LogP contribution is 2.25. The molecule has 0 aliphatic carbocycles. The van der Waals surface area contributed by atoms with Crippen LogP contribution >= 0.6 is 0 Å². The Bertz CT molecular complexity index is 901. The van der Waals surface area contributed by atoms with Crippen LogP contribution < -0.4 is 15.4 Å². The van der Waals surface area contributed by atoms with E-state index in [2.05, 4.69) is 15.6 Å². The van der Waals surface area contributed by atoms with E-state index in [0.717, 1.165) is 22.6 Å². The monoisotopic (exact) mass is 347 g/mol. The van der Waals surface area contributed by atoms with Crippen molar-refractivity contribution in [2.75, 3.05) is 17.7 Å². The first-order valence-corrected chi connectivity index (χ1v) is 8.32. The first kappa shape index (κ1) is 17.5. The van der Waals surface area contributed by atoms with Crippen LogP contribution in [0, 0.1) is 13.8 Å². The molecule has 3 aromatic rings. The summed E-state index contributed by atoms with van der Waals surface area (Å²) in [5.41, 5.74) is 4.32. The van der Waals surface area contributed by atoms with Crippen molar-refractivity contribution in [3.05, 3.63) is 77.5 Å². The highest BCUT2D eigenvalue weighted by Gasteiger charge is 2.14. The van der Waals surface area contributed by atoms with Gasteiger partial charge in [-0.25, -0.2) is 4.98 Å². The van der Waals surface area contributed by atoms with Gasteiger partial charge in [0.05, 0.1) is 12.7 Å². The van der Waals surface area contributed by atoms with E-state index in [1.165, 1.54) is 0 Å². The fourth-order valence-electron chi connectivity index (χ4n) is 2.69. The fraction of sp³-hybridized carbons (Fsp3) is 0.143. The van der Waals surface area contributed by atoms with Crippen molar-refractivity contribution in [2.24, 2.45) is 0 Å². The van der Waals surface area contributed by atoms with Crippen LogP contribution in [0.4, 0.5) is 17.2 Å². The molecular formula is C21H21N3O2. The molecule has 0 fully saturated rings. The predicted octanol–water partition coefficient (Wildman–Crippen LogP) is 4.70. The van der Waals surface area contributed by atoms with Crippen molar-refractivity contribution in [3.8, 4) is 5.75 Å². The van der Waals surface area contributed by atoms with E-state index in [1.807, 2.05) is 32.0 Å². The summed E-state index contributed by atoms with van der Waals surface area (Å²) >= 11 is 0. The highest BCUT2D eigenvalue weighted by molar-refractivity contribution is 6.07. The van der Waals surface area contributed by atoms with Gasteiger partial charge in [-0.2, -0.15) is 0 Å². The zero-order valence-electron chi connectivity index (χ0n) is 15.0. The van der Waals surface area contributed by atoms with Gasteiger partial charge in [-0.3, -0.25) is 4.79 Å². The second kappa shape index (κ2) is 7.70. The van der Waals surface area contributed by atoms with Gasteiger partial charge in [-0.05, 0) is 61.4 Å². The van der Waals surface area contributed by atoms with Gasteiger partial charge in [0.2, 0.25) is 0 Å². The lowest BCUT2D eigenvalue weighted by Crippen LogP contribution is -2.15. The Balaban J connectivity index is 1.85. The number of carbonyl (C=O) groups is 1. The number of anilines is 3. The van der Waals surface area contributed by atoms with Crippen LogP contribution in [0.25, 0.3) is 0 Å². The number of rotatable bonds is 5. The molecule has 0 unspecified atom stereocenters. The highest BCUT2D eigenvalue weighted by atomic mass is 16.5. The number of ether oxygens (including phenoxy) is 1. The average Bonchev–Trinajstić information content (AvgIpc) is 2.66. The number of methoxy groups -OCH3 is 1. The molecule has 0 saturated heterocycles. The molecule has 0 atom stereocenters. The van der Waals surface area contributed by atoms with Crippen LogP contribution in [0.1, 0.15) is 21.5 Å². The molecule has 0 aliphatic heterocycles. The van der Waals surface area contributed by atoms with Crippen molar-refractivity contribution < 1.29 is 9.53 Å². The summed E-state index contributed by atoms with van der Waals surface area (Å²) in [7, 11) is 1.61. The Morgan fingerprint density at radius 3 is 2.31 bits per heavy atom. The standard InChI is InChI=1S/C21H21N3O2/c1-14-6-4-7-15(2)19(14)24-20-18(8-5-13-22-20)21(25)23-16-9-11-17(26-3)12-10-16/h4-13H,1-3H3,(H,22,24)(H,23,25). The second-order valence-corrected chi connectivity index (χ2v) is 5.97. The Kier molecular flexibility index (Phi) is 5.17. The molecule has 0 radical (unpaired) electrons. The van der Waals surface area contributed by atoms with Gasteiger partial charge < -0.3 is 15.4 Å². The molecule has 3 rings (SSSR count). The fourth-order valence-corrected chi connectivity index (χ4v) is 2.69. The number of nitrogens with one attached hydrogen (secondary N) is 2. The van der Waals surface area contributed by atoms with Crippen molar-refractivity contribution in [1.82, 2.24) is 4.98 Å². The Labute approximate surface area is 153 Å². The van der Waals surface area contributed by atoms with Crippen LogP contribution in [0.5, 0.6) is 5.75 Å². The zero-order chi connectivity index (χ0) is 18.5. The molecule has 132 valence electrons. The van der Waals surface area contributed by atoms with Gasteiger partial charge in [0, 0.05) is 17.6 Å². The van der Waals surface area contributed by atoms with E-state index in [0.29, 0.717) is 17.1 Å². The predicted molar refractivity (Wildman–Crippen MR) is 104 cm³/mol. The number of hydrogen-bond donors (Lipinski definition) is 2. The summed E-state index contributed by atoms with van der Waals surface area (Å²) in [6.07, 6.45) is 1.67. The molecule has 5 heteroatoms. The molecule has 0 spiro atoms. The number of aromatic nitrogens is 1. The Hall–Kier alpha value is -3.34. The first-order valence-electron chi connectivity index (χ1n) is 8.32. The molecule has 26 heavy (non-hydrogen) atoms. The van der Waals surface area contributed by atoms with E-state index < -0.39 is 0 Å². The maximum Gasteiger partial charge on any atom is 0.259 e. The number of pyridine rings is 1. The normalized spacial score (nSPS) is 10.3. The van der Waals surface area contributed by atoms with Gasteiger partial charge in [0.25, 0.3) is 5.91 Å². The van der Waals surface area contributed by atoms with E-state index in [1.54, 1.807) is 49.7 Å². The molecule has 0 bridgehead atoms. The van der Waals surface area contributed by atoms with Gasteiger partial charge in [0.1, 0.15) is 11.6 Å². The third-order valence-electron chi connectivity index (χ3n) is 4.12. The molecule has 1 amide bonds. The van der Waals surface area contributed by atoms with Crippen molar-refractivity contribution >= 4 is 23.1 Å². The minimum atomic E-state index is -0.225. The molecule has 1 aromatic heterocycles. The molecule has 1 heterocycles. The van der Waals surface area contributed by atoms with Gasteiger partial charge in [-0.15, -0.1) is 0 Å². The van der Waals surface area contributed by atoms with Gasteiger partial charge in [0.15, 0.2) is 0 Å². The van der Waals surface area contributed by atoms with E-state index >= 15 is 0 Å². The number of hydrogen-bond acceptors (Lipinski definition) is 4. The Morgan fingerprint density at radius 1 is 0.962 bits per heavy atom. The van der Waals surface area contributed by atoms with E-state index in [4.69, 9.17) is 4.74 Å². The van der Waals surface area contributed by atoms with Crippen molar-refractivity contribution in [1.29, 1.82) is 0 Å². The smallest absolute Gasteiger partial charge is 0.259 e. The number of carbonyl (C=O) groups excluding carboxylic acids is 1. The van der Waals surface area contributed by atoms with E-state index in [-0.39, 0.29) is 5.91 Å². The second-order valence-electron chi connectivity index (χ2n) is 5.97. The number of nitrogens with zero attached hydrogens (tertiary/aromatic N) is 1. The summed E-state index contributed by atoms with van der Waals surface area (Å²) in [5, 5.41) is 6.19. The lowest BCUT2D eigenvalue weighted by molar-refractivity contribution is 0.102. The molecule has 5 nitrogen and oxygen atoms in total. The summed E-state index contributed by atoms with van der Waals surface area (Å²) in [5.74, 6) is 1.04. The van der Waals surface area contributed by atoms with Crippen LogP contribution in [0.15, 0.2) is 60.8 Å². The minimum Gasteiger partial charge on any atom is -0.497 e. The SMILES string of the molecule is COc1ccc(NC(=O)c2cccnc2Nc2c(C)cccc2C)cc1. The summed E-state index contributed by atoms with van der Waals surface area (Å²) in [6, 6.07) is 16.7. The zero-order valence-corrected chi connectivity index (χ0v) is 15.0. The van der Waals surface area contributed by atoms with Crippen LogP contribution in [0.3, 0.4) is 0 Å². The molecule has 2 aromatic carbocycles. The third kappa shape index (κ3) is 3.83. The molecule has 2 N–H and O–H groups in total. The van der Waals surface area contributed by atoms with Gasteiger partial charge >= 0.3 is 0 Å². The topological polar surface area (TPSA) is 63.2 Å². The maximum atomic E-state index is 12.7. The lowest BCUT2D eigenvalue weighted by atomic mass is 10.1. The quantitative estimate of drug-likeness (QED) is 0.702. The summed E-state index contributed by atoms with van der Waals surface area (Å²) < 4.78 is 5.13. The maximum absolute atomic E-state index is 12.7. The average molecular weight is 347 g/mol. The van der Waals surface area contributed by atoms with E-state index in [9.17, 15) is 4.79 Å². The Morgan fingerprint density at radius 2 is 1.65 bits per heavy atom. The van der Waals surface area contributed by atoms with Crippen molar-refractivity contribution in [3.63, 3.8) is 0 Å². The lowest BCUT2D eigenvalue weighted by Gasteiger charge is -2.15. The summed E-state index contributed by atoms with van der Waals surface area (Å²) in [6.45, 7) is 4.05. The van der Waals surface area contributed by atoms with Gasteiger partial charge in [-0.1, -0.05) is 18.2 Å². The molecule has 0 saturated carbocycles. The number of aryl methyl sites for hydroxylation is 2. The molecular weight excluding hydrogens is 326 g/mol. The van der Waals surface area contributed by atoms with Crippen molar-refractivity contribution in [2.45, 2.75) is 13.8 Å².